The van der Waals surface area contributed by atoms with Crippen molar-refractivity contribution in [3.63, 3.8) is 0 Å². The molecule has 0 fully saturated rings. The summed E-state index contributed by atoms with van der Waals surface area (Å²) in [4.78, 5) is 0. The molecule has 0 bridgehead atoms. The molecule has 2 N–H and O–H groups in total. The highest BCUT2D eigenvalue weighted by Gasteiger charge is 2.01. The molecule has 0 radical (unpaired) electrons. The van der Waals surface area contributed by atoms with Gasteiger partial charge in [-0.05, 0) is 23.1 Å². The Bertz CT molecular complexity index is 681. The molecule has 94 valence electrons. The summed E-state index contributed by atoms with van der Waals surface area (Å²) in [6, 6.07) is 20.7. The fourth-order valence-corrected chi connectivity index (χ4v) is 3.81. The van der Waals surface area contributed by atoms with E-state index < -0.39 is 0 Å². The number of nitrogens with two attached hydrogens (primary N) is 1. The van der Waals surface area contributed by atoms with Crippen molar-refractivity contribution in [3.8, 4) is 0 Å². The maximum atomic E-state index is 6.08. The predicted molar refractivity (Wildman–Crippen MR) is 86.3 cm³/mol. The van der Waals surface area contributed by atoms with Crippen molar-refractivity contribution in [2.75, 3.05) is 0 Å². The Morgan fingerprint density at radius 3 is 2.53 bits per heavy atom. The Hall–Kier alpha value is -1.71. The van der Waals surface area contributed by atoms with E-state index in [-0.39, 0.29) is 0 Å². The van der Waals surface area contributed by atoms with Gasteiger partial charge in [-0.1, -0.05) is 60.3 Å². The first-order chi connectivity index (χ1) is 9.33. The number of hydrogen-bond acceptors (Lipinski definition) is 3. The van der Waals surface area contributed by atoms with Gasteiger partial charge in [0.2, 0.25) is 0 Å². The number of hydrogen-bond donors (Lipinski definition) is 1. The molecule has 1 heterocycles. The lowest BCUT2D eigenvalue weighted by atomic mass is 10.2. The van der Waals surface area contributed by atoms with Crippen molar-refractivity contribution < 1.29 is 0 Å². The van der Waals surface area contributed by atoms with Gasteiger partial charge in [0.25, 0.3) is 0 Å². The highest BCUT2D eigenvalue weighted by atomic mass is 32.2. The Morgan fingerprint density at radius 2 is 1.74 bits per heavy atom. The van der Waals surface area contributed by atoms with Gasteiger partial charge in [0.15, 0.2) is 0 Å². The fourth-order valence-electron chi connectivity index (χ4n) is 1.84. The first-order valence-corrected chi connectivity index (χ1v) is 7.69. The smallest absolute Gasteiger partial charge is 0.0653 e. The molecule has 0 aliphatic rings. The zero-order valence-electron chi connectivity index (χ0n) is 10.2. The summed E-state index contributed by atoms with van der Waals surface area (Å²) in [5, 5.41) is 3.31. The molecule has 3 heteroatoms. The molecule has 2 aromatic carbocycles. The first kappa shape index (κ1) is 12.3. The average Bonchev–Trinajstić information content (AvgIpc) is 2.88. The monoisotopic (exact) mass is 283 g/mol. The minimum absolute atomic E-state index is 0.808. The number of benzene rings is 2. The number of rotatable bonds is 3. The molecule has 0 amide bonds. The van der Waals surface area contributed by atoms with Crippen molar-refractivity contribution in [2.45, 2.75) is 4.21 Å². The van der Waals surface area contributed by atoms with Crippen LogP contribution in [0.1, 0.15) is 5.56 Å². The summed E-state index contributed by atoms with van der Waals surface area (Å²) in [5.74, 6) is 0. The SMILES string of the molecule is N/C(=C/Sc1cc2ccccc2s1)c1ccccc1. The lowest BCUT2D eigenvalue weighted by Gasteiger charge is -1.99. The number of thioether (sulfide) groups is 1. The molecule has 0 saturated carbocycles. The second-order valence-electron chi connectivity index (χ2n) is 4.16. The minimum Gasteiger partial charge on any atom is -0.398 e. The lowest BCUT2D eigenvalue weighted by molar-refractivity contribution is 1.53. The molecule has 19 heavy (non-hydrogen) atoms. The van der Waals surface area contributed by atoms with Gasteiger partial charge in [-0.2, -0.15) is 0 Å². The van der Waals surface area contributed by atoms with Crippen molar-refractivity contribution in [1.29, 1.82) is 0 Å². The molecule has 0 spiro atoms. The normalized spacial score (nSPS) is 11.9. The van der Waals surface area contributed by atoms with Crippen LogP contribution in [0.25, 0.3) is 15.8 Å². The quantitative estimate of drug-likeness (QED) is 0.688. The molecule has 0 unspecified atom stereocenters. The van der Waals surface area contributed by atoms with E-state index in [9.17, 15) is 0 Å². The van der Waals surface area contributed by atoms with Gasteiger partial charge in [-0.3, -0.25) is 0 Å². The zero-order chi connectivity index (χ0) is 13.1. The van der Waals surface area contributed by atoms with Crippen LogP contribution in [-0.2, 0) is 0 Å². The highest BCUT2D eigenvalue weighted by molar-refractivity contribution is 8.04. The van der Waals surface area contributed by atoms with E-state index in [4.69, 9.17) is 5.73 Å². The van der Waals surface area contributed by atoms with Crippen LogP contribution >= 0.6 is 23.1 Å². The number of thiophene rings is 1. The van der Waals surface area contributed by atoms with Gasteiger partial charge in [0, 0.05) is 15.8 Å². The molecular weight excluding hydrogens is 270 g/mol. The first-order valence-electron chi connectivity index (χ1n) is 5.99. The second kappa shape index (κ2) is 5.51. The van der Waals surface area contributed by atoms with E-state index in [1.165, 1.54) is 14.3 Å². The Kier molecular flexibility index (Phi) is 3.58. The Morgan fingerprint density at radius 1 is 1.00 bits per heavy atom. The van der Waals surface area contributed by atoms with Gasteiger partial charge in [-0.15, -0.1) is 11.3 Å². The summed E-state index contributed by atoms with van der Waals surface area (Å²) in [6.45, 7) is 0. The molecule has 0 aliphatic heterocycles. The Labute approximate surface area is 120 Å². The minimum atomic E-state index is 0.808. The van der Waals surface area contributed by atoms with Crippen LogP contribution < -0.4 is 5.73 Å². The molecular formula is C16H13NS2. The summed E-state index contributed by atoms with van der Waals surface area (Å²) >= 11 is 3.48. The fraction of sp³-hybridized carbons (Fsp3) is 0. The standard InChI is InChI=1S/C16H13NS2/c17-14(12-6-2-1-3-7-12)11-18-16-10-13-8-4-5-9-15(13)19-16/h1-11H,17H2/b14-11+. The predicted octanol–water partition coefficient (Wildman–Crippen LogP) is 4.95. The summed E-state index contributed by atoms with van der Waals surface area (Å²) in [6.07, 6.45) is 0. The third-order valence-electron chi connectivity index (χ3n) is 2.81. The summed E-state index contributed by atoms with van der Waals surface area (Å²) in [7, 11) is 0. The van der Waals surface area contributed by atoms with E-state index in [0.29, 0.717) is 0 Å². The maximum absolute atomic E-state index is 6.08. The van der Waals surface area contributed by atoms with Crippen LogP contribution in [-0.4, -0.2) is 0 Å². The van der Waals surface area contributed by atoms with E-state index in [1.807, 2.05) is 35.7 Å². The third kappa shape index (κ3) is 2.83. The summed E-state index contributed by atoms with van der Waals surface area (Å²) < 4.78 is 2.58. The van der Waals surface area contributed by atoms with Crippen LogP contribution in [0.4, 0.5) is 0 Å². The maximum Gasteiger partial charge on any atom is 0.0653 e. The molecule has 1 nitrogen and oxygen atoms in total. The van der Waals surface area contributed by atoms with Crippen molar-refractivity contribution in [3.05, 3.63) is 71.6 Å². The van der Waals surface area contributed by atoms with Gasteiger partial charge in [-0.25, -0.2) is 0 Å². The van der Waals surface area contributed by atoms with Crippen LogP contribution in [0, 0.1) is 0 Å². The topological polar surface area (TPSA) is 26.0 Å². The molecule has 3 aromatic rings. The van der Waals surface area contributed by atoms with Crippen molar-refractivity contribution >= 4 is 38.9 Å². The van der Waals surface area contributed by atoms with E-state index in [2.05, 4.69) is 30.3 Å². The van der Waals surface area contributed by atoms with Crippen molar-refractivity contribution in [1.82, 2.24) is 0 Å². The second-order valence-corrected chi connectivity index (χ2v) is 6.41. The largest absolute Gasteiger partial charge is 0.398 e. The molecule has 0 atom stereocenters. The summed E-state index contributed by atoms with van der Waals surface area (Å²) in [5.41, 5.74) is 7.96. The van der Waals surface area contributed by atoms with Gasteiger partial charge in [0.05, 0.1) is 4.21 Å². The van der Waals surface area contributed by atoms with Crippen LogP contribution in [0.3, 0.4) is 0 Å². The van der Waals surface area contributed by atoms with E-state index >= 15 is 0 Å². The van der Waals surface area contributed by atoms with E-state index in [0.717, 1.165) is 11.3 Å². The van der Waals surface area contributed by atoms with Gasteiger partial charge >= 0.3 is 0 Å². The molecule has 0 aliphatic carbocycles. The van der Waals surface area contributed by atoms with Crippen LogP contribution in [0.15, 0.2) is 70.3 Å². The molecule has 0 saturated heterocycles. The highest BCUT2D eigenvalue weighted by Crippen LogP contribution is 2.34. The number of fused-ring (bicyclic) bond motifs is 1. The van der Waals surface area contributed by atoms with Crippen LogP contribution in [0.2, 0.25) is 0 Å². The Balaban J connectivity index is 1.82. The van der Waals surface area contributed by atoms with Crippen molar-refractivity contribution in [2.24, 2.45) is 5.73 Å². The average molecular weight is 283 g/mol. The van der Waals surface area contributed by atoms with Gasteiger partial charge in [0.1, 0.15) is 0 Å². The molecule has 1 aromatic heterocycles. The van der Waals surface area contributed by atoms with Gasteiger partial charge < -0.3 is 5.73 Å². The zero-order valence-corrected chi connectivity index (χ0v) is 11.9. The molecule has 3 rings (SSSR count). The van der Waals surface area contributed by atoms with Crippen LogP contribution in [0.5, 0.6) is 0 Å². The third-order valence-corrected chi connectivity index (χ3v) is 4.98. The lowest BCUT2D eigenvalue weighted by Crippen LogP contribution is -1.94. The van der Waals surface area contributed by atoms with E-state index in [1.54, 1.807) is 23.1 Å².